The van der Waals surface area contributed by atoms with Gasteiger partial charge in [0.1, 0.15) is 10.7 Å². The number of carbonyl (C=O) groups is 2. The topological polar surface area (TPSA) is 90.4 Å². The molecule has 1 heterocycles. The molecule has 0 saturated heterocycles. The second-order valence-electron chi connectivity index (χ2n) is 6.21. The van der Waals surface area contributed by atoms with Gasteiger partial charge in [0.2, 0.25) is 11.7 Å². The Kier molecular flexibility index (Phi) is 4.08. The predicted molar refractivity (Wildman–Crippen MR) is 96.5 cm³/mol. The van der Waals surface area contributed by atoms with E-state index < -0.39 is 38.9 Å². The van der Waals surface area contributed by atoms with Crippen LogP contribution >= 0.6 is 0 Å². The zero-order valence-corrected chi connectivity index (χ0v) is 15.3. The van der Waals surface area contributed by atoms with Crippen LogP contribution in [0.3, 0.4) is 0 Å². The molecule has 2 aromatic carbocycles. The first-order chi connectivity index (χ1) is 13.3. The van der Waals surface area contributed by atoms with Gasteiger partial charge in [0.25, 0.3) is 0 Å². The zero-order chi connectivity index (χ0) is 20.1. The lowest BCUT2D eigenvalue weighted by molar-refractivity contribution is 0.0973. The summed E-state index contributed by atoms with van der Waals surface area (Å²) in [6.45, 7) is 1.79. The molecule has 0 bridgehead atoms. The average molecular weight is 397 g/mol. The van der Waals surface area contributed by atoms with Gasteiger partial charge in [-0.05, 0) is 31.2 Å². The predicted octanol–water partition coefficient (Wildman–Crippen LogP) is 3.07. The number of hydrogen-bond donors (Lipinski definition) is 0. The van der Waals surface area contributed by atoms with Gasteiger partial charge in [-0.1, -0.05) is 29.8 Å². The molecule has 1 aliphatic rings. The third kappa shape index (κ3) is 2.78. The summed E-state index contributed by atoms with van der Waals surface area (Å²) in [4.78, 5) is 29.2. The largest absolute Gasteiger partial charge is 0.357 e. The standard InChI is InChI=1S/C20H12FNO5S/c1-11-5-7-12(8-6-11)28(25,26)27-20-17-14(9-10-22-20)18(23)13-3-2-4-15(21)16(13)19(17)24/h2-10H,1H3. The molecule has 0 fully saturated rings. The van der Waals surface area contributed by atoms with Crippen LogP contribution in [-0.2, 0) is 10.1 Å². The van der Waals surface area contributed by atoms with Crippen molar-refractivity contribution in [2.75, 3.05) is 0 Å². The maximum absolute atomic E-state index is 14.2. The smallest absolute Gasteiger partial charge is 0.340 e. The average Bonchev–Trinajstić information content (AvgIpc) is 2.66. The number of fused-ring (bicyclic) bond motifs is 2. The van der Waals surface area contributed by atoms with Crippen LogP contribution < -0.4 is 4.18 Å². The Labute approximate surface area is 159 Å². The first-order valence-electron chi connectivity index (χ1n) is 8.17. The Hall–Kier alpha value is -3.39. The van der Waals surface area contributed by atoms with E-state index in [0.29, 0.717) is 0 Å². The highest BCUT2D eigenvalue weighted by Crippen LogP contribution is 2.34. The lowest BCUT2D eigenvalue weighted by Crippen LogP contribution is -2.24. The lowest BCUT2D eigenvalue weighted by Gasteiger charge is -2.19. The highest BCUT2D eigenvalue weighted by molar-refractivity contribution is 7.87. The molecule has 140 valence electrons. The third-order valence-electron chi connectivity index (χ3n) is 4.37. The molecule has 28 heavy (non-hydrogen) atoms. The zero-order valence-electron chi connectivity index (χ0n) is 14.5. The monoisotopic (exact) mass is 397 g/mol. The number of nitrogens with zero attached hydrogens (tertiary/aromatic N) is 1. The minimum absolute atomic E-state index is 0.0870. The maximum Gasteiger partial charge on any atom is 0.340 e. The van der Waals surface area contributed by atoms with E-state index >= 15 is 0 Å². The third-order valence-corrected chi connectivity index (χ3v) is 5.60. The molecular weight excluding hydrogens is 385 g/mol. The number of aryl methyl sites for hydroxylation is 1. The number of benzene rings is 2. The van der Waals surface area contributed by atoms with Gasteiger partial charge < -0.3 is 4.18 Å². The molecule has 4 rings (SSSR count). The van der Waals surface area contributed by atoms with E-state index in [9.17, 15) is 22.4 Å². The minimum atomic E-state index is -4.31. The van der Waals surface area contributed by atoms with Crippen LogP contribution in [0, 0.1) is 12.7 Å². The van der Waals surface area contributed by atoms with Crippen LogP contribution in [-0.4, -0.2) is 25.0 Å². The van der Waals surface area contributed by atoms with Crippen molar-refractivity contribution in [1.29, 1.82) is 0 Å². The number of pyridine rings is 1. The molecule has 0 atom stereocenters. The van der Waals surface area contributed by atoms with Crippen molar-refractivity contribution in [3.8, 4) is 5.88 Å². The fourth-order valence-corrected chi connectivity index (χ4v) is 3.89. The van der Waals surface area contributed by atoms with Gasteiger partial charge >= 0.3 is 10.1 Å². The normalized spacial score (nSPS) is 13.1. The van der Waals surface area contributed by atoms with Crippen molar-refractivity contribution < 1.29 is 26.6 Å². The molecule has 0 spiro atoms. The molecular formula is C20H12FNO5S. The molecule has 0 unspecified atom stereocenters. The first-order valence-corrected chi connectivity index (χ1v) is 9.58. The van der Waals surface area contributed by atoms with Crippen LogP contribution in [0.5, 0.6) is 5.88 Å². The minimum Gasteiger partial charge on any atom is -0.357 e. The van der Waals surface area contributed by atoms with Crippen LogP contribution in [0.15, 0.2) is 59.6 Å². The van der Waals surface area contributed by atoms with Crippen molar-refractivity contribution in [1.82, 2.24) is 4.98 Å². The van der Waals surface area contributed by atoms with Crippen LogP contribution in [0.2, 0.25) is 0 Å². The summed E-state index contributed by atoms with van der Waals surface area (Å²) >= 11 is 0. The second kappa shape index (κ2) is 6.35. The van der Waals surface area contributed by atoms with E-state index in [4.69, 9.17) is 4.18 Å². The van der Waals surface area contributed by atoms with E-state index in [2.05, 4.69) is 4.98 Å². The van der Waals surface area contributed by atoms with Gasteiger partial charge in [-0.15, -0.1) is 0 Å². The van der Waals surface area contributed by atoms with Crippen LogP contribution in [0.1, 0.15) is 37.4 Å². The number of carbonyl (C=O) groups excluding carboxylic acids is 2. The fourth-order valence-electron chi connectivity index (χ4n) is 2.99. The van der Waals surface area contributed by atoms with E-state index in [-0.39, 0.29) is 21.6 Å². The molecule has 3 aromatic rings. The summed E-state index contributed by atoms with van der Waals surface area (Å²) in [6.07, 6.45) is 1.16. The quantitative estimate of drug-likeness (QED) is 0.494. The van der Waals surface area contributed by atoms with Crippen molar-refractivity contribution >= 4 is 21.7 Å². The second-order valence-corrected chi connectivity index (χ2v) is 7.76. The van der Waals surface area contributed by atoms with Crippen molar-refractivity contribution in [3.05, 3.63) is 88.4 Å². The number of ketones is 2. The summed E-state index contributed by atoms with van der Waals surface area (Å²) in [5.74, 6) is -2.91. The van der Waals surface area contributed by atoms with E-state index in [1.807, 2.05) is 0 Å². The summed E-state index contributed by atoms with van der Waals surface area (Å²) in [7, 11) is -4.31. The fraction of sp³-hybridized carbons (Fsp3) is 0.0500. The Morgan fingerprint density at radius 3 is 2.29 bits per heavy atom. The van der Waals surface area contributed by atoms with Gasteiger partial charge in [0, 0.05) is 17.3 Å². The van der Waals surface area contributed by atoms with Gasteiger partial charge in [-0.3, -0.25) is 9.59 Å². The number of aromatic nitrogens is 1. The van der Waals surface area contributed by atoms with E-state index in [1.54, 1.807) is 19.1 Å². The summed E-state index contributed by atoms with van der Waals surface area (Å²) in [5, 5.41) is 0. The molecule has 0 amide bonds. The maximum atomic E-state index is 14.2. The van der Waals surface area contributed by atoms with Crippen LogP contribution in [0.4, 0.5) is 4.39 Å². The SMILES string of the molecule is Cc1ccc(S(=O)(=O)Oc2nccc3c2C(=O)c2c(F)cccc2C3=O)cc1. The number of rotatable bonds is 3. The molecule has 0 saturated carbocycles. The molecule has 6 nitrogen and oxygen atoms in total. The van der Waals surface area contributed by atoms with Crippen molar-refractivity contribution in [2.45, 2.75) is 11.8 Å². The van der Waals surface area contributed by atoms with Gasteiger partial charge in [0.15, 0.2) is 5.78 Å². The van der Waals surface area contributed by atoms with E-state index in [0.717, 1.165) is 17.8 Å². The summed E-state index contributed by atoms with van der Waals surface area (Å²) in [5.41, 5.74) is -0.128. The number of hydrogen-bond acceptors (Lipinski definition) is 6. The lowest BCUT2D eigenvalue weighted by atomic mass is 9.84. The molecule has 1 aliphatic carbocycles. The Morgan fingerprint density at radius 1 is 0.893 bits per heavy atom. The Morgan fingerprint density at radius 2 is 1.57 bits per heavy atom. The Balaban J connectivity index is 1.84. The van der Waals surface area contributed by atoms with Crippen LogP contribution in [0.25, 0.3) is 0 Å². The van der Waals surface area contributed by atoms with Crippen molar-refractivity contribution in [3.63, 3.8) is 0 Å². The van der Waals surface area contributed by atoms with Gasteiger partial charge in [-0.2, -0.15) is 8.42 Å². The van der Waals surface area contributed by atoms with Gasteiger partial charge in [-0.25, -0.2) is 9.37 Å². The highest BCUT2D eigenvalue weighted by atomic mass is 32.2. The molecule has 0 N–H and O–H groups in total. The molecule has 0 radical (unpaired) electrons. The number of halogens is 1. The molecule has 1 aromatic heterocycles. The van der Waals surface area contributed by atoms with E-state index in [1.165, 1.54) is 30.3 Å². The highest BCUT2D eigenvalue weighted by Gasteiger charge is 2.36. The summed E-state index contributed by atoms with van der Waals surface area (Å²) in [6, 6.07) is 10.9. The molecule has 8 heteroatoms. The first kappa shape index (κ1) is 18.0. The molecule has 0 aliphatic heterocycles. The van der Waals surface area contributed by atoms with Crippen molar-refractivity contribution in [2.24, 2.45) is 0 Å². The Bertz CT molecular complexity index is 1250. The summed E-state index contributed by atoms with van der Waals surface area (Å²) < 4.78 is 44.4. The van der Waals surface area contributed by atoms with Gasteiger partial charge in [0.05, 0.1) is 11.1 Å².